The van der Waals surface area contributed by atoms with Gasteiger partial charge in [-0.2, -0.15) is 0 Å². The number of Topliss-reactive ketones (excluding diaryl/α,β-unsaturated/α-hetero) is 2. The van der Waals surface area contributed by atoms with Gasteiger partial charge in [0.2, 0.25) is 0 Å². The molecule has 0 aromatic rings. The number of fused-ring (bicyclic) bond motifs is 5. The highest BCUT2D eigenvalue weighted by Gasteiger charge is 2.54. The molecule has 13 atom stereocenters. The Kier molecular flexibility index (Phi) is 13.8. The lowest BCUT2D eigenvalue weighted by atomic mass is 9.74. The number of hydrogen-bond donors (Lipinski definition) is 2. The highest BCUT2D eigenvalue weighted by atomic mass is 16.7. The first-order valence-electron chi connectivity index (χ1n) is 17.3. The SMILES string of the molecule is CC[C@H]1OC(=O)[C@H](C)C(=O)[C@H](C)[C@@H](O[C@@H]2O[C@H](C)C[C@H](N(C)C)[C@H]2OC(C)=O)[C@@]2(C)C[C@@H](C)C(=N[N+](=O)O)[C@H](C)[C@@H](OCC(=O)CO2)[C@]1(C)O. The van der Waals surface area contributed by atoms with Crippen LogP contribution in [0, 0.1) is 28.6 Å². The molecular formula is C34H56N3O13+. The third kappa shape index (κ3) is 9.31. The minimum atomic E-state index is -1.96. The van der Waals surface area contributed by atoms with E-state index in [9.17, 15) is 34.4 Å². The Morgan fingerprint density at radius 3 is 2.28 bits per heavy atom. The highest BCUT2D eigenvalue weighted by molar-refractivity contribution is 6.00. The summed E-state index contributed by atoms with van der Waals surface area (Å²) in [5.41, 5.74) is -3.43. The van der Waals surface area contributed by atoms with Gasteiger partial charge in [0, 0.05) is 24.7 Å². The number of hydrazone groups is 1. The molecule has 3 rings (SSSR count). The van der Waals surface area contributed by atoms with Gasteiger partial charge in [0.15, 0.2) is 24.0 Å². The van der Waals surface area contributed by atoms with E-state index in [0.717, 1.165) is 0 Å². The number of esters is 2. The average Bonchev–Trinajstić information content (AvgIpc) is 3.03. The van der Waals surface area contributed by atoms with Crippen molar-refractivity contribution < 1.29 is 62.9 Å². The van der Waals surface area contributed by atoms with E-state index in [2.05, 4.69) is 5.10 Å². The zero-order chi connectivity index (χ0) is 37.9. The van der Waals surface area contributed by atoms with Gasteiger partial charge in [-0.15, -0.1) is 0 Å². The van der Waals surface area contributed by atoms with Crippen LogP contribution in [0.2, 0.25) is 0 Å². The molecule has 16 nitrogen and oxygen atoms in total. The van der Waals surface area contributed by atoms with Gasteiger partial charge in [0.05, 0.1) is 35.1 Å². The predicted molar refractivity (Wildman–Crippen MR) is 176 cm³/mol. The second-order valence-electron chi connectivity index (χ2n) is 14.7. The zero-order valence-corrected chi connectivity index (χ0v) is 31.1. The van der Waals surface area contributed by atoms with Gasteiger partial charge in [0.1, 0.15) is 41.5 Å². The van der Waals surface area contributed by atoms with Crippen molar-refractivity contribution in [2.24, 2.45) is 28.8 Å². The molecule has 50 heavy (non-hydrogen) atoms. The Balaban J connectivity index is 2.32. The number of carbonyl (C=O) groups excluding carboxylic acids is 4. The second-order valence-corrected chi connectivity index (χ2v) is 14.7. The summed E-state index contributed by atoms with van der Waals surface area (Å²) in [7, 11) is 3.66. The van der Waals surface area contributed by atoms with Crippen molar-refractivity contribution in [1.29, 1.82) is 0 Å². The molecule has 284 valence electrons. The van der Waals surface area contributed by atoms with Gasteiger partial charge in [-0.05, 0) is 61.1 Å². The summed E-state index contributed by atoms with van der Waals surface area (Å²) < 4.78 is 36.9. The maximum absolute atomic E-state index is 14.2. The summed E-state index contributed by atoms with van der Waals surface area (Å²) in [6.07, 6.45) is -5.71. The van der Waals surface area contributed by atoms with E-state index in [-0.39, 0.29) is 30.7 Å². The standard InChI is InChI=1S/C34H56N3O13/c1-12-25-34(9,42)30-19(4)26(35-37(43)44)17(2)14-33(8,46-16-23(39)15-45-30)29(20(5)27(40)21(6)31(41)49-25)50-32-28(48-22(7)38)24(36(10)11)13-18(3)47-32/h17-21,24-25,28-30,32,42H,12-16H2,1-11H3,(H,43,44)/q+1/t17-,18-,19+,20+,21-,24+,25-,28-,29-,30-,32+,33-,34-/m1/s1. The van der Waals surface area contributed by atoms with Crippen molar-refractivity contribution >= 4 is 29.2 Å². The van der Waals surface area contributed by atoms with Crippen molar-refractivity contribution in [2.75, 3.05) is 27.3 Å². The molecule has 0 aromatic carbocycles. The number of ketones is 2. The molecule has 0 aliphatic carbocycles. The van der Waals surface area contributed by atoms with E-state index >= 15 is 0 Å². The lowest BCUT2D eigenvalue weighted by molar-refractivity contribution is -0.796. The number of rotatable bonds is 6. The Hall–Kier alpha value is -2.89. The van der Waals surface area contributed by atoms with E-state index in [1.54, 1.807) is 34.6 Å². The number of aliphatic hydroxyl groups is 1. The molecule has 3 aliphatic heterocycles. The molecule has 0 radical (unpaired) electrons. The van der Waals surface area contributed by atoms with Crippen LogP contribution in [-0.4, -0.2) is 131 Å². The van der Waals surface area contributed by atoms with Crippen molar-refractivity contribution in [3.05, 3.63) is 4.91 Å². The van der Waals surface area contributed by atoms with Gasteiger partial charge < -0.3 is 38.4 Å². The molecule has 0 aromatic heterocycles. The highest BCUT2D eigenvalue weighted by Crippen LogP contribution is 2.40. The van der Waals surface area contributed by atoms with Crippen LogP contribution in [0.1, 0.15) is 81.6 Å². The van der Waals surface area contributed by atoms with Crippen molar-refractivity contribution in [1.82, 2.24) is 4.90 Å². The van der Waals surface area contributed by atoms with E-state index in [1.807, 2.05) is 25.9 Å². The lowest BCUT2D eigenvalue weighted by Crippen LogP contribution is -2.60. The molecule has 2 bridgehead atoms. The van der Waals surface area contributed by atoms with Crippen molar-refractivity contribution in [2.45, 2.75) is 136 Å². The second kappa shape index (κ2) is 16.6. The minimum absolute atomic E-state index is 0.0396. The van der Waals surface area contributed by atoms with E-state index in [4.69, 9.17) is 28.4 Å². The summed E-state index contributed by atoms with van der Waals surface area (Å²) in [6.45, 7) is 13.1. The van der Waals surface area contributed by atoms with Crippen LogP contribution in [0.5, 0.6) is 0 Å². The third-order valence-electron chi connectivity index (χ3n) is 10.3. The third-order valence-corrected chi connectivity index (χ3v) is 10.3. The zero-order valence-electron chi connectivity index (χ0n) is 31.1. The molecule has 3 heterocycles. The molecule has 16 heteroatoms. The van der Waals surface area contributed by atoms with Gasteiger partial charge in [-0.25, -0.2) is 5.21 Å². The maximum Gasteiger partial charge on any atom is 0.387 e. The number of cyclic esters (lactones) is 1. The molecular weight excluding hydrogens is 658 g/mol. The molecule has 0 saturated carbocycles. The topological polar surface area (TPSA) is 200 Å². The largest absolute Gasteiger partial charge is 0.459 e. The number of likely N-dealkylation sites (N-methyl/N-ethyl adjacent to an activating group) is 1. The Labute approximate surface area is 293 Å². The number of carbonyl (C=O) groups is 4. The van der Waals surface area contributed by atoms with Crippen LogP contribution in [-0.2, 0) is 47.6 Å². The summed E-state index contributed by atoms with van der Waals surface area (Å²) in [6, 6.07) is -0.340. The van der Waals surface area contributed by atoms with Gasteiger partial charge in [-0.3, -0.25) is 19.2 Å². The fourth-order valence-electron chi connectivity index (χ4n) is 7.74. The molecule has 3 fully saturated rings. The van der Waals surface area contributed by atoms with Crippen molar-refractivity contribution in [3.8, 4) is 0 Å². The van der Waals surface area contributed by atoms with Gasteiger partial charge >= 0.3 is 17.0 Å². The first kappa shape index (κ1) is 41.5. The predicted octanol–water partition coefficient (Wildman–Crippen LogP) is 2.23. The summed E-state index contributed by atoms with van der Waals surface area (Å²) in [5.74, 6) is -6.66. The molecule has 3 saturated heterocycles. The minimum Gasteiger partial charge on any atom is -0.459 e. The van der Waals surface area contributed by atoms with E-state index in [0.29, 0.717) is 6.42 Å². The van der Waals surface area contributed by atoms with Crippen LogP contribution >= 0.6 is 0 Å². The summed E-state index contributed by atoms with van der Waals surface area (Å²) >= 11 is 0. The number of nitrogens with zero attached hydrogens (tertiary/aromatic N) is 3. The smallest absolute Gasteiger partial charge is 0.387 e. The van der Waals surface area contributed by atoms with Crippen LogP contribution in [0.3, 0.4) is 0 Å². The normalized spacial score (nSPS) is 41.9. The monoisotopic (exact) mass is 714 g/mol. The Bertz CT molecular complexity index is 1300. The van der Waals surface area contributed by atoms with Gasteiger partial charge in [-0.1, -0.05) is 27.7 Å². The van der Waals surface area contributed by atoms with E-state index in [1.165, 1.54) is 20.8 Å². The lowest BCUT2D eigenvalue weighted by Gasteiger charge is -2.48. The van der Waals surface area contributed by atoms with Crippen LogP contribution < -0.4 is 0 Å². The van der Waals surface area contributed by atoms with Gasteiger partial charge in [0.25, 0.3) is 0 Å². The fraction of sp³-hybridized carbons (Fsp3) is 0.853. The van der Waals surface area contributed by atoms with Crippen LogP contribution in [0.15, 0.2) is 5.10 Å². The van der Waals surface area contributed by atoms with E-state index < -0.39 is 107 Å². The molecule has 0 amide bonds. The Morgan fingerprint density at radius 1 is 1.08 bits per heavy atom. The maximum atomic E-state index is 14.2. The quantitative estimate of drug-likeness (QED) is 0.231. The first-order valence-corrected chi connectivity index (χ1v) is 17.3. The summed E-state index contributed by atoms with van der Waals surface area (Å²) in [4.78, 5) is 67.5. The Morgan fingerprint density at radius 2 is 1.72 bits per heavy atom. The summed E-state index contributed by atoms with van der Waals surface area (Å²) in [5, 5.41) is 25.0. The average molecular weight is 715 g/mol. The fourth-order valence-corrected chi connectivity index (χ4v) is 7.74. The molecule has 2 N–H and O–H groups in total. The first-order chi connectivity index (χ1) is 23.1. The van der Waals surface area contributed by atoms with Crippen molar-refractivity contribution in [3.63, 3.8) is 0 Å². The molecule has 3 aliphatic rings. The number of ether oxygens (including phenoxy) is 6. The number of hydrogen-bond acceptors (Lipinski definition) is 13. The molecule has 0 unspecified atom stereocenters. The van der Waals surface area contributed by atoms with Crippen LogP contribution in [0.4, 0.5) is 0 Å². The van der Waals surface area contributed by atoms with Crippen LogP contribution in [0.25, 0.3) is 0 Å². The molecule has 0 spiro atoms.